The minimum atomic E-state index is -4.53. The van der Waals surface area contributed by atoms with E-state index in [1.54, 1.807) is 12.1 Å². The van der Waals surface area contributed by atoms with Crippen LogP contribution in [-0.2, 0) is 14.5 Å². The molecule has 0 amide bonds. The van der Waals surface area contributed by atoms with Crippen LogP contribution in [0.4, 0.5) is 13.2 Å². The van der Waals surface area contributed by atoms with Crippen molar-refractivity contribution in [2.75, 3.05) is 0 Å². The van der Waals surface area contributed by atoms with E-state index >= 15 is 0 Å². The quantitative estimate of drug-likeness (QED) is 0.264. The summed E-state index contributed by atoms with van der Waals surface area (Å²) in [4.78, 5) is 0. The second-order valence-corrected chi connectivity index (χ2v) is 27.8. The third-order valence-corrected chi connectivity index (χ3v) is 21.9. The number of fused-ring (bicyclic) bond motifs is 1. The van der Waals surface area contributed by atoms with Gasteiger partial charge in [-0.15, -0.1) is 10.2 Å². The topological polar surface area (TPSA) is 43.2 Å². The van der Waals surface area contributed by atoms with Crippen LogP contribution in [0.15, 0.2) is 75.5 Å². The lowest BCUT2D eigenvalue weighted by molar-refractivity contribution is -0.166. The highest BCUT2D eigenvalue weighted by atomic mass is 28.4. The van der Waals surface area contributed by atoms with Crippen molar-refractivity contribution in [2.45, 2.75) is 154 Å². The van der Waals surface area contributed by atoms with Crippen molar-refractivity contribution < 1.29 is 22.0 Å². The van der Waals surface area contributed by atoms with Gasteiger partial charge in [0.25, 0.3) is 0 Å². The molecule has 4 nitrogen and oxygen atoms in total. The third-order valence-electron chi connectivity index (χ3n) is 12.9. The standard InChI is InChI=1S/C40H59F3N2O2Si2/c1-27-30(25-33(46-48(9,10)36(2,3)4)26-35(27)47-49(11,12)37(5,6)7)19-18-29-16-14-22-38(8)31(20-21-34(29)38)23-28-15-13-17-32(24-28)39(44-45-39)40(41,42)43/h13,15,17-19,23-24,33-35H,1,14,16,20-22,25-26H2,2-12H3/b29-18+,30-19-,31-23-/t33-,34+,35+,38-/m1/s1. The largest absolute Gasteiger partial charge is 0.442 e. The van der Waals surface area contributed by atoms with Crippen LogP contribution in [0, 0.1) is 11.3 Å². The molecule has 49 heavy (non-hydrogen) atoms. The van der Waals surface area contributed by atoms with Crippen molar-refractivity contribution in [2.24, 2.45) is 21.6 Å². The lowest BCUT2D eigenvalue weighted by Gasteiger charge is -2.45. The molecule has 1 aliphatic heterocycles. The van der Waals surface area contributed by atoms with Crippen LogP contribution in [-0.4, -0.2) is 35.0 Å². The molecular formula is C40H59F3N2O2Si2. The maximum Gasteiger partial charge on any atom is 0.442 e. The fourth-order valence-electron chi connectivity index (χ4n) is 7.58. The predicted molar refractivity (Wildman–Crippen MR) is 200 cm³/mol. The highest BCUT2D eigenvalue weighted by Gasteiger charge is 2.65. The van der Waals surface area contributed by atoms with Crippen LogP contribution >= 0.6 is 0 Å². The number of allylic oxidation sites excluding steroid dienone is 4. The number of halogens is 3. The molecule has 5 rings (SSSR count). The van der Waals surface area contributed by atoms with E-state index in [4.69, 9.17) is 8.85 Å². The molecule has 0 bridgehead atoms. The van der Waals surface area contributed by atoms with E-state index in [2.05, 4.69) is 110 Å². The van der Waals surface area contributed by atoms with Crippen molar-refractivity contribution in [3.05, 3.63) is 76.4 Å². The lowest BCUT2D eigenvalue weighted by atomic mass is 9.65. The average molecular weight is 713 g/mol. The molecule has 0 unspecified atom stereocenters. The van der Waals surface area contributed by atoms with E-state index in [1.165, 1.54) is 22.8 Å². The van der Waals surface area contributed by atoms with Gasteiger partial charge in [0.15, 0.2) is 16.6 Å². The normalized spacial score (nSPS) is 30.4. The summed E-state index contributed by atoms with van der Waals surface area (Å²) in [5, 5.41) is 7.04. The Morgan fingerprint density at radius 3 is 2.14 bits per heavy atom. The third kappa shape index (κ3) is 7.47. The van der Waals surface area contributed by atoms with Crippen LogP contribution in [0.5, 0.6) is 0 Å². The van der Waals surface area contributed by atoms with Gasteiger partial charge < -0.3 is 8.85 Å². The molecule has 0 spiro atoms. The molecule has 1 aromatic carbocycles. The van der Waals surface area contributed by atoms with Gasteiger partial charge in [0.1, 0.15) is 0 Å². The van der Waals surface area contributed by atoms with Crippen LogP contribution in [0.2, 0.25) is 36.3 Å². The van der Waals surface area contributed by atoms with Crippen molar-refractivity contribution in [1.82, 2.24) is 0 Å². The molecule has 9 heteroatoms. The number of hydrogen-bond acceptors (Lipinski definition) is 4. The number of rotatable bonds is 7. The molecule has 0 N–H and O–H groups in total. The molecule has 3 saturated carbocycles. The smallest absolute Gasteiger partial charge is 0.413 e. The first-order chi connectivity index (χ1) is 22.4. The van der Waals surface area contributed by atoms with Gasteiger partial charge in [-0.2, -0.15) is 13.2 Å². The van der Waals surface area contributed by atoms with Gasteiger partial charge in [-0.1, -0.05) is 103 Å². The van der Waals surface area contributed by atoms with Gasteiger partial charge in [-0.3, -0.25) is 0 Å². The van der Waals surface area contributed by atoms with Gasteiger partial charge in [-0.05, 0) is 109 Å². The minimum Gasteiger partial charge on any atom is -0.413 e. The van der Waals surface area contributed by atoms with E-state index in [0.717, 1.165) is 56.1 Å². The number of benzene rings is 1. The van der Waals surface area contributed by atoms with Crippen LogP contribution in [0.1, 0.15) is 105 Å². The lowest BCUT2D eigenvalue weighted by Crippen LogP contribution is -2.49. The zero-order valence-electron chi connectivity index (χ0n) is 31.8. The van der Waals surface area contributed by atoms with Crippen molar-refractivity contribution in [3.63, 3.8) is 0 Å². The number of hydrogen-bond donors (Lipinski definition) is 0. The van der Waals surface area contributed by atoms with E-state index in [0.29, 0.717) is 5.92 Å². The van der Waals surface area contributed by atoms with E-state index < -0.39 is 28.5 Å². The van der Waals surface area contributed by atoms with Crippen molar-refractivity contribution in [3.8, 4) is 0 Å². The molecule has 3 aliphatic carbocycles. The zero-order chi connectivity index (χ0) is 36.4. The maximum absolute atomic E-state index is 13.7. The SMILES string of the molecule is C=C1/C(=C\C=C2/CCC[C@]3(C)/C(=C\c4cccc(C5(C(F)(F)F)N=N5)c4)CC[C@@H]23)C[C@@H](O[Si](C)(C)C(C)(C)C)C[C@@H]1O[Si](C)(C)C(C)(C)C. The van der Waals surface area contributed by atoms with Gasteiger partial charge in [0.05, 0.1) is 12.2 Å². The Kier molecular flexibility index (Phi) is 10.0. The van der Waals surface area contributed by atoms with Gasteiger partial charge >= 0.3 is 11.8 Å². The summed E-state index contributed by atoms with van der Waals surface area (Å²) >= 11 is 0. The molecule has 4 aliphatic rings. The van der Waals surface area contributed by atoms with Crippen LogP contribution in [0.25, 0.3) is 6.08 Å². The fourth-order valence-corrected chi connectivity index (χ4v) is 10.3. The molecule has 1 heterocycles. The first-order valence-corrected chi connectivity index (χ1v) is 24.0. The molecule has 270 valence electrons. The summed E-state index contributed by atoms with van der Waals surface area (Å²) in [6, 6.07) is 6.67. The minimum absolute atomic E-state index is 0.0276. The fraction of sp³-hybridized carbons (Fsp3) is 0.650. The molecule has 3 fully saturated rings. The second-order valence-electron chi connectivity index (χ2n) is 18.3. The highest BCUT2D eigenvalue weighted by molar-refractivity contribution is 6.74. The van der Waals surface area contributed by atoms with Crippen LogP contribution in [0.3, 0.4) is 0 Å². The zero-order valence-corrected chi connectivity index (χ0v) is 33.8. The summed E-state index contributed by atoms with van der Waals surface area (Å²) in [6.45, 7) is 30.0. The molecule has 0 saturated heterocycles. The van der Waals surface area contributed by atoms with Gasteiger partial charge in [-0.25, -0.2) is 0 Å². The highest BCUT2D eigenvalue weighted by Crippen LogP contribution is 2.58. The van der Waals surface area contributed by atoms with Crippen molar-refractivity contribution in [1.29, 1.82) is 0 Å². The summed E-state index contributed by atoms with van der Waals surface area (Å²) in [7, 11) is -4.05. The molecule has 0 aromatic heterocycles. The Bertz CT molecular complexity index is 1570. The molecular weight excluding hydrogens is 654 g/mol. The maximum atomic E-state index is 13.7. The summed E-state index contributed by atoms with van der Waals surface area (Å²) < 4.78 is 55.3. The number of nitrogens with zero attached hydrogens (tertiary/aromatic N) is 2. The van der Waals surface area contributed by atoms with Gasteiger partial charge in [0, 0.05) is 12.0 Å². The monoisotopic (exact) mass is 712 g/mol. The Morgan fingerprint density at radius 1 is 0.918 bits per heavy atom. The molecule has 0 radical (unpaired) electrons. The summed E-state index contributed by atoms with van der Waals surface area (Å²) in [6.07, 6.45) is 9.21. The first-order valence-electron chi connectivity index (χ1n) is 18.2. The summed E-state index contributed by atoms with van der Waals surface area (Å²) in [5.41, 5.74) is 3.56. The second kappa shape index (κ2) is 12.9. The first kappa shape index (κ1) is 38.2. The molecule has 4 atom stereocenters. The van der Waals surface area contributed by atoms with E-state index in [1.807, 2.05) is 6.07 Å². The van der Waals surface area contributed by atoms with Gasteiger partial charge in [0.2, 0.25) is 0 Å². The number of alkyl halides is 3. The van der Waals surface area contributed by atoms with Crippen molar-refractivity contribution >= 4 is 22.7 Å². The Hall–Kier alpha value is -2.08. The molecule has 1 aromatic rings. The van der Waals surface area contributed by atoms with E-state index in [9.17, 15) is 13.2 Å². The average Bonchev–Trinajstić information content (AvgIpc) is 3.72. The summed E-state index contributed by atoms with van der Waals surface area (Å²) in [5.74, 6) is 0.401. The Balaban J connectivity index is 1.42. The Labute approximate surface area is 295 Å². The van der Waals surface area contributed by atoms with Crippen LogP contribution < -0.4 is 0 Å². The Morgan fingerprint density at radius 2 is 1.55 bits per heavy atom. The predicted octanol–water partition coefficient (Wildman–Crippen LogP) is 12.8. The van der Waals surface area contributed by atoms with E-state index in [-0.39, 0.29) is 33.3 Å².